The minimum atomic E-state index is -4.77. The number of amides is 4. The van der Waals surface area contributed by atoms with E-state index in [9.17, 15) is 45.5 Å². The highest BCUT2D eigenvalue weighted by molar-refractivity contribution is 6.06. The van der Waals surface area contributed by atoms with Crippen molar-refractivity contribution < 1.29 is 55.0 Å². The number of hydrogen-bond acceptors (Lipinski definition) is 6. The number of benzene rings is 4. The van der Waals surface area contributed by atoms with Gasteiger partial charge in [0, 0.05) is 43.6 Å². The highest BCUT2D eigenvalue weighted by atomic mass is 19.4. The molecule has 4 atom stereocenters. The van der Waals surface area contributed by atoms with Gasteiger partial charge in [-0.2, -0.15) is 26.3 Å². The first-order valence-electron chi connectivity index (χ1n) is 27.3. The summed E-state index contributed by atoms with van der Waals surface area (Å²) in [6.45, 7) is 13.1. The number of likely N-dealkylation sites (N-methyl/N-ethyl adjacent to an activating group) is 1. The largest absolute Gasteiger partial charge is 0.476 e. The van der Waals surface area contributed by atoms with Gasteiger partial charge in [-0.1, -0.05) is 126 Å². The Kier molecular flexibility index (Phi) is 18.3. The molecule has 2 heterocycles. The van der Waals surface area contributed by atoms with Crippen LogP contribution >= 0.6 is 0 Å². The number of rotatable bonds is 15. The average molecular weight is 1060 g/mol. The van der Waals surface area contributed by atoms with Crippen LogP contribution in [0, 0.1) is 0 Å². The molecule has 8 rings (SSSR count). The van der Waals surface area contributed by atoms with Crippen LogP contribution in [0.5, 0.6) is 11.5 Å². The van der Waals surface area contributed by atoms with E-state index in [1.165, 1.54) is 21.9 Å². The maximum Gasteiger partial charge on any atom is 0.417 e. The fourth-order valence-electron chi connectivity index (χ4n) is 11.5. The number of nitrogens with zero attached hydrogens (tertiary/aromatic N) is 3. The average Bonchev–Trinajstić information content (AvgIpc) is 3.40. The number of carbonyl (C=O) groups is 4. The molecule has 0 saturated heterocycles. The van der Waals surface area contributed by atoms with Crippen molar-refractivity contribution in [2.24, 2.45) is 0 Å². The molecule has 2 saturated carbocycles. The van der Waals surface area contributed by atoms with Crippen LogP contribution in [0.3, 0.4) is 0 Å². The van der Waals surface area contributed by atoms with Gasteiger partial charge in [-0.3, -0.25) is 19.2 Å². The van der Waals surface area contributed by atoms with Crippen molar-refractivity contribution in [3.05, 3.63) is 118 Å². The maximum atomic E-state index is 14.4. The van der Waals surface area contributed by atoms with Crippen molar-refractivity contribution >= 4 is 35.0 Å². The van der Waals surface area contributed by atoms with E-state index in [-0.39, 0.29) is 65.2 Å². The fourth-order valence-corrected chi connectivity index (χ4v) is 11.5. The van der Waals surface area contributed by atoms with Gasteiger partial charge >= 0.3 is 12.4 Å². The lowest BCUT2D eigenvalue weighted by Gasteiger charge is -2.41. The van der Waals surface area contributed by atoms with Crippen molar-refractivity contribution in [2.45, 2.75) is 186 Å². The first-order valence-corrected chi connectivity index (χ1v) is 27.3. The molecule has 4 amide bonds. The molecular formula is C60H74F6N4O6. The standard InChI is InChI=1S/C31H39F3N2O3.C29H35F3N2O3/c1-5-7-13-18-36-26-19-23(24(31(32,33)34)20-27(26)39-30(3,4)29(36)38)28(37)35(6-2)25-17-12-11-16-22(25)21-14-9-8-10-15-21;1-4-5-11-16-34-24-17-21(22(29(30,31)32)18-25(24)37-28(2,3)27(34)36)26(35)33-23-15-10-9-14-20(23)19-12-7-6-8-13-19/h8-10,14-15,19-20,22,25H,5-7,11-13,16-18H2,1-4H3;6-8,12-13,17-18,20,23H,4-5,9-11,14-16H2,1-3H3,(H,33,35)/t22-,25+;20-,23+/m11/s1. The van der Waals surface area contributed by atoms with E-state index in [2.05, 4.69) is 5.32 Å². The minimum absolute atomic E-state index is 0.0251. The zero-order valence-electron chi connectivity index (χ0n) is 45.0. The zero-order chi connectivity index (χ0) is 55.2. The summed E-state index contributed by atoms with van der Waals surface area (Å²) in [5.41, 5.74) is -3.03. The van der Waals surface area contributed by atoms with E-state index >= 15 is 0 Å². The third kappa shape index (κ3) is 12.8. The van der Waals surface area contributed by atoms with E-state index < -0.39 is 57.6 Å². The molecule has 412 valence electrons. The Morgan fingerprint density at radius 3 is 1.51 bits per heavy atom. The van der Waals surface area contributed by atoms with Gasteiger partial charge in [-0.15, -0.1) is 0 Å². The molecule has 2 fully saturated rings. The quantitative estimate of drug-likeness (QED) is 0.0938. The molecule has 4 aliphatic rings. The van der Waals surface area contributed by atoms with Crippen LogP contribution in [-0.2, 0) is 21.9 Å². The lowest BCUT2D eigenvalue weighted by molar-refractivity contribution is -0.139. The van der Waals surface area contributed by atoms with E-state index in [1.54, 1.807) is 32.6 Å². The molecule has 0 bridgehead atoms. The second-order valence-electron chi connectivity index (χ2n) is 21.6. The van der Waals surface area contributed by atoms with Gasteiger partial charge in [0.05, 0.1) is 33.6 Å². The summed E-state index contributed by atoms with van der Waals surface area (Å²) in [6.07, 6.45) is 2.43. The molecule has 2 aliphatic heterocycles. The van der Waals surface area contributed by atoms with Gasteiger partial charge in [0.1, 0.15) is 11.5 Å². The summed E-state index contributed by atoms with van der Waals surface area (Å²) < 4.78 is 97.4. The number of ether oxygens (including phenoxy) is 2. The molecule has 0 radical (unpaired) electrons. The maximum absolute atomic E-state index is 14.4. The number of fused-ring (bicyclic) bond motifs is 2. The highest BCUT2D eigenvalue weighted by Gasteiger charge is 2.47. The summed E-state index contributed by atoms with van der Waals surface area (Å²) in [6, 6.07) is 23.4. The Bertz CT molecular complexity index is 2670. The summed E-state index contributed by atoms with van der Waals surface area (Å²) in [5.74, 6) is -2.09. The molecular weight excluding hydrogens is 987 g/mol. The molecule has 10 nitrogen and oxygen atoms in total. The van der Waals surface area contributed by atoms with Crippen molar-refractivity contribution in [1.29, 1.82) is 0 Å². The third-order valence-corrected chi connectivity index (χ3v) is 15.4. The van der Waals surface area contributed by atoms with Crippen molar-refractivity contribution in [3.8, 4) is 11.5 Å². The number of alkyl halides is 6. The highest BCUT2D eigenvalue weighted by Crippen LogP contribution is 2.47. The van der Waals surface area contributed by atoms with E-state index in [4.69, 9.17) is 9.47 Å². The van der Waals surface area contributed by atoms with Gasteiger partial charge in [0.15, 0.2) is 11.2 Å². The normalized spacial score (nSPS) is 21.0. The Balaban J connectivity index is 0.000000221. The van der Waals surface area contributed by atoms with Crippen LogP contribution in [0.25, 0.3) is 0 Å². The predicted molar refractivity (Wildman–Crippen MR) is 283 cm³/mol. The Hall–Kier alpha value is -6.06. The molecule has 76 heavy (non-hydrogen) atoms. The van der Waals surface area contributed by atoms with Crippen molar-refractivity contribution in [1.82, 2.24) is 10.2 Å². The van der Waals surface area contributed by atoms with E-state index in [1.807, 2.05) is 81.4 Å². The molecule has 0 spiro atoms. The number of halogens is 6. The number of hydrogen-bond donors (Lipinski definition) is 1. The predicted octanol–water partition coefficient (Wildman–Crippen LogP) is 14.4. The lowest BCUT2D eigenvalue weighted by Crippen LogP contribution is -2.53. The van der Waals surface area contributed by atoms with Crippen LogP contribution in [-0.4, -0.2) is 71.4 Å². The molecule has 1 N–H and O–H groups in total. The Morgan fingerprint density at radius 1 is 0.605 bits per heavy atom. The molecule has 2 aliphatic carbocycles. The number of anilines is 2. The van der Waals surface area contributed by atoms with Crippen LogP contribution in [0.15, 0.2) is 84.9 Å². The zero-order valence-corrected chi connectivity index (χ0v) is 45.0. The fraction of sp³-hybridized carbons (Fsp3) is 0.533. The second-order valence-corrected chi connectivity index (χ2v) is 21.6. The molecule has 0 aromatic heterocycles. The molecule has 0 unspecified atom stereocenters. The minimum Gasteiger partial charge on any atom is -0.476 e. The van der Waals surface area contributed by atoms with Gasteiger partial charge < -0.3 is 29.5 Å². The summed E-state index contributed by atoms with van der Waals surface area (Å²) >= 11 is 0. The van der Waals surface area contributed by atoms with Crippen molar-refractivity contribution in [3.63, 3.8) is 0 Å². The summed E-state index contributed by atoms with van der Waals surface area (Å²) in [5, 5.41) is 2.91. The van der Waals surface area contributed by atoms with Crippen LogP contribution in [0.2, 0.25) is 0 Å². The third-order valence-electron chi connectivity index (χ3n) is 15.4. The number of nitrogens with one attached hydrogen (secondary N) is 1. The summed E-state index contributed by atoms with van der Waals surface area (Å²) in [4.78, 5) is 58.5. The van der Waals surface area contributed by atoms with Gasteiger partial charge in [-0.25, -0.2) is 0 Å². The first kappa shape index (κ1) is 57.6. The number of carbonyl (C=O) groups excluding carboxylic acids is 4. The van der Waals surface area contributed by atoms with Crippen LogP contribution in [0.4, 0.5) is 37.7 Å². The molecule has 4 aromatic carbocycles. The molecule has 16 heteroatoms. The topological polar surface area (TPSA) is 108 Å². The van der Waals surface area contributed by atoms with E-state index in [0.717, 1.165) is 93.9 Å². The van der Waals surface area contributed by atoms with E-state index in [0.29, 0.717) is 32.4 Å². The summed E-state index contributed by atoms with van der Waals surface area (Å²) in [7, 11) is 0. The van der Waals surface area contributed by atoms with Crippen LogP contribution in [0.1, 0.15) is 193 Å². The van der Waals surface area contributed by atoms with Crippen LogP contribution < -0.4 is 24.6 Å². The number of unbranched alkanes of at least 4 members (excludes halogenated alkanes) is 4. The van der Waals surface area contributed by atoms with Crippen molar-refractivity contribution in [2.75, 3.05) is 29.4 Å². The SMILES string of the molecule is CCCCCN1C(=O)C(C)(C)Oc2cc(C(F)(F)F)c(C(=O)N(CC)[C@H]3CCCC[C@@H]3c3ccccc3)cc21.CCCCCN1C(=O)C(C)(C)Oc2cc(C(F)(F)F)c(C(=O)N[C@H]3CCCC[C@@H]3c3ccccc3)cc21. The Labute approximate surface area is 443 Å². The van der Waals surface area contributed by atoms with Gasteiger partial charge in [0.2, 0.25) is 0 Å². The van der Waals surface area contributed by atoms with Gasteiger partial charge in [-0.05, 0) is 109 Å². The lowest BCUT2D eigenvalue weighted by atomic mass is 9.79. The monoisotopic (exact) mass is 1060 g/mol. The smallest absolute Gasteiger partial charge is 0.417 e. The second kappa shape index (κ2) is 24.1. The van der Waals surface area contributed by atoms with Gasteiger partial charge in [0.25, 0.3) is 23.6 Å². The first-order chi connectivity index (χ1) is 36.0. The Morgan fingerprint density at radius 2 is 1.04 bits per heavy atom. The molecule has 4 aromatic rings.